The summed E-state index contributed by atoms with van der Waals surface area (Å²) in [5.41, 5.74) is 6.84. The normalized spacial score (nSPS) is 17.8. The zero-order chi connectivity index (χ0) is 15.4. The number of rotatable bonds is 6. The van der Waals surface area contributed by atoms with Crippen LogP contribution in [-0.4, -0.2) is 29.2 Å². The van der Waals surface area contributed by atoms with Gasteiger partial charge in [-0.25, -0.2) is 4.98 Å². The summed E-state index contributed by atoms with van der Waals surface area (Å²) in [5.74, 6) is 1.23. The minimum Gasteiger partial charge on any atom is -0.376 e. The van der Waals surface area contributed by atoms with Crippen molar-refractivity contribution in [1.82, 2.24) is 9.97 Å². The molecule has 0 radical (unpaired) electrons. The molecule has 1 fully saturated rings. The van der Waals surface area contributed by atoms with Gasteiger partial charge in [0, 0.05) is 28.5 Å². The van der Waals surface area contributed by atoms with Crippen molar-refractivity contribution in [3.8, 4) is 0 Å². The van der Waals surface area contributed by atoms with Crippen molar-refractivity contribution in [2.75, 3.05) is 23.8 Å². The van der Waals surface area contributed by atoms with Crippen LogP contribution < -0.4 is 10.6 Å². The zero-order valence-corrected chi connectivity index (χ0v) is 15.2. The highest BCUT2D eigenvalue weighted by atomic mass is 127. The van der Waals surface area contributed by atoms with Crippen LogP contribution in [0.3, 0.4) is 0 Å². The molecule has 0 bridgehead atoms. The molecule has 7 heteroatoms. The van der Waals surface area contributed by atoms with E-state index in [-0.39, 0.29) is 6.10 Å². The standard InChI is InChI=1S/C15H19IN4OS/c16-8-11-7-14(19-15(17)18-11)20(9-12-3-1-5-21-12)10-13-4-2-6-22-13/h2,4,6-7,12H,1,3,5,8-10H2,(H2,17,18,19). The first-order valence-electron chi connectivity index (χ1n) is 7.33. The monoisotopic (exact) mass is 430 g/mol. The van der Waals surface area contributed by atoms with Crippen LogP contribution >= 0.6 is 33.9 Å². The van der Waals surface area contributed by atoms with Crippen molar-refractivity contribution in [2.24, 2.45) is 0 Å². The molecule has 3 rings (SSSR count). The fraction of sp³-hybridized carbons (Fsp3) is 0.467. The van der Waals surface area contributed by atoms with Crippen LogP contribution in [-0.2, 0) is 15.7 Å². The predicted octanol–water partition coefficient (Wildman–Crippen LogP) is 3.24. The third-order valence-corrected chi connectivity index (χ3v) is 5.26. The second-order valence-corrected chi connectivity index (χ2v) is 7.10. The third kappa shape index (κ3) is 4.08. The highest BCUT2D eigenvalue weighted by Crippen LogP contribution is 2.23. The van der Waals surface area contributed by atoms with E-state index in [0.717, 1.165) is 48.5 Å². The van der Waals surface area contributed by atoms with E-state index in [0.29, 0.717) is 5.95 Å². The Morgan fingerprint density at radius 3 is 3.05 bits per heavy atom. The van der Waals surface area contributed by atoms with Gasteiger partial charge in [-0.3, -0.25) is 0 Å². The van der Waals surface area contributed by atoms with Gasteiger partial charge in [0.05, 0.1) is 18.3 Å². The topological polar surface area (TPSA) is 64.3 Å². The predicted molar refractivity (Wildman–Crippen MR) is 98.5 cm³/mol. The van der Waals surface area contributed by atoms with E-state index in [1.807, 2.05) is 6.07 Å². The number of hydrogen-bond acceptors (Lipinski definition) is 6. The molecule has 0 amide bonds. The highest BCUT2D eigenvalue weighted by molar-refractivity contribution is 14.1. The Bertz CT molecular complexity index is 602. The summed E-state index contributed by atoms with van der Waals surface area (Å²) < 4.78 is 6.62. The fourth-order valence-electron chi connectivity index (χ4n) is 2.60. The molecule has 1 unspecified atom stereocenters. The molecule has 118 valence electrons. The smallest absolute Gasteiger partial charge is 0.222 e. The number of hydrogen-bond donors (Lipinski definition) is 1. The third-order valence-electron chi connectivity index (χ3n) is 3.62. The average molecular weight is 430 g/mol. The molecule has 1 atom stereocenters. The molecule has 0 saturated carbocycles. The quantitative estimate of drug-likeness (QED) is 0.563. The number of anilines is 2. The van der Waals surface area contributed by atoms with Crippen LogP contribution in [0, 0.1) is 0 Å². The first kappa shape index (κ1) is 15.9. The van der Waals surface area contributed by atoms with Crippen LogP contribution in [0.1, 0.15) is 23.4 Å². The highest BCUT2D eigenvalue weighted by Gasteiger charge is 2.21. The Balaban J connectivity index is 1.84. The summed E-state index contributed by atoms with van der Waals surface area (Å²) in [7, 11) is 0. The average Bonchev–Trinajstić information content (AvgIpc) is 3.19. The summed E-state index contributed by atoms with van der Waals surface area (Å²) in [6.45, 7) is 2.53. The molecular weight excluding hydrogens is 411 g/mol. The minimum absolute atomic E-state index is 0.277. The van der Waals surface area contributed by atoms with Gasteiger partial charge in [-0.1, -0.05) is 28.7 Å². The van der Waals surface area contributed by atoms with Gasteiger partial charge < -0.3 is 15.4 Å². The Hall–Kier alpha value is -0.930. The van der Waals surface area contributed by atoms with Gasteiger partial charge in [-0.2, -0.15) is 4.98 Å². The Labute approximate surface area is 148 Å². The zero-order valence-electron chi connectivity index (χ0n) is 12.2. The summed E-state index contributed by atoms with van der Waals surface area (Å²) in [5, 5.41) is 2.10. The molecule has 1 aliphatic heterocycles. The second-order valence-electron chi connectivity index (χ2n) is 5.30. The largest absolute Gasteiger partial charge is 0.376 e. The molecule has 0 aliphatic carbocycles. The van der Waals surface area contributed by atoms with Crippen molar-refractivity contribution in [2.45, 2.75) is 29.9 Å². The first-order valence-corrected chi connectivity index (χ1v) is 9.73. The maximum absolute atomic E-state index is 5.87. The lowest BCUT2D eigenvalue weighted by Gasteiger charge is -2.26. The van der Waals surface area contributed by atoms with Crippen molar-refractivity contribution in [3.05, 3.63) is 34.2 Å². The van der Waals surface area contributed by atoms with Crippen molar-refractivity contribution in [3.63, 3.8) is 0 Å². The number of nitrogens with two attached hydrogens (primary N) is 1. The van der Waals surface area contributed by atoms with Crippen molar-refractivity contribution >= 4 is 45.7 Å². The number of alkyl halides is 1. The van der Waals surface area contributed by atoms with Crippen LogP contribution in [0.5, 0.6) is 0 Å². The van der Waals surface area contributed by atoms with Gasteiger partial charge in [-0.15, -0.1) is 11.3 Å². The van der Waals surface area contributed by atoms with E-state index in [9.17, 15) is 0 Å². The summed E-state index contributed by atoms with van der Waals surface area (Å²) in [6.07, 6.45) is 2.53. The molecule has 0 spiro atoms. The molecule has 5 nitrogen and oxygen atoms in total. The van der Waals surface area contributed by atoms with Gasteiger partial charge >= 0.3 is 0 Å². The summed E-state index contributed by atoms with van der Waals surface area (Å²) in [4.78, 5) is 12.3. The molecule has 3 heterocycles. The van der Waals surface area contributed by atoms with E-state index < -0.39 is 0 Å². The van der Waals surface area contributed by atoms with E-state index in [1.54, 1.807) is 11.3 Å². The number of nitrogen functional groups attached to an aromatic ring is 1. The lowest BCUT2D eigenvalue weighted by atomic mass is 10.2. The second kappa shape index (κ2) is 7.56. The van der Waals surface area contributed by atoms with Crippen molar-refractivity contribution in [1.29, 1.82) is 0 Å². The molecule has 22 heavy (non-hydrogen) atoms. The van der Waals surface area contributed by atoms with E-state index in [2.05, 4.69) is 55.0 Å². The van der Waals surface area contributed by atoms with Crippen molar-refractivity contribution < 1.29 is 4.74 Å². The molecule has 2 aromatic rings. The number of nitrogens with zero attached hydrogens (tertiary/aromatic N) is 3. The molecule has 0 aromatic carbocycles. The van der Waals surface area contributed by atoms with Crippen LogP contribution in [0.4, 0.5) is 11.8 Å². The van der Waals surface area contributed by atoms with Crippen LogP contribution in [0.2, 0.25) is 0 Å². The van der Waals surface area contributed by atoms with Gasteiger partial charge in [0.1, 0.15) is 5.82 Å². The SMILES string of the molecule is Nc1nc(CI)cc(N(Cc2cccs2)CC2CCCO2)n1. The minimum atomic E-state index is 0.277. The number of ether oxygens (including phenoxy) is 1. The Kier molecular flexibility index (Phi) is 5.48. The summed E-state index contributed by atoms with van der Waals surface area (Å²) in [6, 6.07) is 6.26. The Morgan fingerprint density at radius 2 is 2.36 bits per heavy atom. The number of aromatic nitrogens is 2. The first-order chi connectivity index (χ1) is 10.7. The van der Waals surface area contributed by atoms with E-state index >= 15 is 0 Å². The molecule has 2 aromatic heterocycles. The number of thiophene rings is 1. The fourth-order valence-corrected chi connectivity index (χ4v) is 3.71. The lowest BCUT2D eigenvalue weighted by molar-refractivity contribution is 0.115. The van der Waals surface area contributed by atoms with E-state index in [1.165, 1.54) is 4.88 Å². The van der Waals surface area contributed by atoms with Gasteiger partial charge in [0.2, 0.25) is 5.95 Å². The number of halogens is 1. The van der Waals surface area contributed by atoms with Crippen LogP contribution in [0.25, 0.3) is 0 Å². The molecular formula is C15H19IN4OS. The van der Waals surface area contributed by atoms with Gasteiger partial charge in [-0.05, 0) is 24.3 Å². The lowest BCUT2D eigenvalue weighted by Crippen LogP contribution is -2.32. The molecule has 2 N–H and O–H groups in total. The molecule has 1 aliphatic rings. The summed E-state index contributed by atoms with van der Waals surface area (Å²) >= 11 is 4.06. The van der Waals surface area contributed by atoms with Gasteiger partial charge in [0.15, 0.2) is 0 Å². The Morgan fingerprint density at radius 1 is 1.45 bits per heavy atom. The van der Waals surface area contributed by atoms with Gasteiger partial charge in [0.25, 0.3) is 0 Å². The maximum Gasteiger partial charge on any atom is 0.222 e. The maximum atomic E-state index is 5.87. The van der Waals surface area contributed by atoms with E-state index in [4.69, 9.17) is 10.5 Å². The molecule has 1 saturated heterocycles. The van der Waals surface area contributed by atoms with Crippen LogP contribution in [0.15, 0.2) is 23.6 Å².